The summed E-state index contributed by atoms with van der Waals surface area (Å²) in [6, 6.07) is 6.42. The molecule has 8 nitrogen and oxygen atoms in total. The van der Waals surface area contributed by atoms with E-state index < -0.39 is 21.0 Å². The SMILES string of the molecule is CS(=O)(=O)c1ccc(-n2ncc3c([S+]([O-])C4CCNCC4)ncnc32)cc1. The van der Waals surface area contributed by atoms with E-state index >= 15 is 0 Å². The van der Waals surface area contributed by atoms with Crippen molar-refractivity contribution in [2.24, 2.45) is 0 Å². The van der Waals surface area contributed by atoms with Gasteiger partial charge in [0, 0.05) is 30.3 Å². The molecule has 3 aromatic rings. The number of nitrogens with one attached hydrogen (secondary N) is 1. The Kier molecular flexibility index (Phi) is 4.89. The minimum absolute atomic E-state index is 0.0711. The van der Waals surface area contributed by atoms with Gasteiger partial charge >= 0.3 is 0 Å². The molecule has 142 valence electrons. The van der Waals surface area contributed by atoms with Gasteiger partial charge in [0.2, 0.25) is 0 Å². The maximum Gasteiger partial charge on any atom is 0.259 e. The fourth-order valence-corrected chi connectivity index (χ4v) is 5.30. The van der Waals surface area contributed by atoms with Crippen LogP contribution in [-0.4, -0.2) is 57.3 Å². The summed E-state index contributed by atoms with van der Waals surface area (Å²) in [6.45, 7) is 1.72. The van der Waals surface area contributed by atoms with Crippen LogP contribution in [0.5, 0.6) is 0 Å². The minimum atomic E-state index is -3.26. The summed E-state index contributed by atoms with van der Waals surface area (Å²) < 4.78 is 37.9. The summed E-state index contributed by atoms with van der Waals surface area (Å²) in [5, 5.41) is 8.87. The van der Waals surface area contributed by atoms with E-state index in [9.17, 15) is 13.0 Å². The molecule has 1 aromatic carbocycles. The zero-order chi connectivity index (χ0) is 19.0. The highest BCUT2D eigenvalue weighted by molar-refractivity contribution is 7.92. The Morgan fingerprint density at radius 1 is 1.19 bits per heavy atom. The average Bonchev–Trinajstić information content (AvgIpc) is 3.12. The van der Waals surface area contributed by atoms with Gasteiger partial charge in [-0.15, -0.1) is 0 Å². The maximum atomic E-state index is 13.0. The van der Waals surface area contributed by atoms with Crippen molar-refractivity contribution in [1.82, 2.24) is 25.1 Å². The third-order valence-electron chi connectivity index (χ3n) is 4.62. The molecule has 1 unspecified atom stereocenters. The quantitative estimate of drug-likeness (QED) is 0.510. The third kappa shape index (κ3) is 3.57. The van der Waals surface area contributed by atoms with E-state index in [1.165, 1.54) is 24.7 Å². The molecular weight excluding hydrogens is 386 g/mol. The molecule has 0 spiro atoms. The normalized spacial score (nSPS) is 17.3. The van der Waals surface area contributed by atoms with E-state index in [-0.39, 0.29) is 10.1 Å². The molecule has 10 heteroatoms. The molecule has 1 N–H and O–H groups in total. The predicted octanol–water partition coefficient (Wildman–Crippen LogP) is 1.08. The Balaban J connectivity index is 1.72. The summed E-state index contributed by atoms with van der Waals surface area (Å²) in [7, 11) is -3.26. The number of hydrogen-bond acceptors (Lipinski definition) is 7. The molecular formula is C17H19N5O3S2. The van der Waals surface area contributed by atoms with E-state index in [1.807, 2.05) is 0 Å². The lowest BCUT2D eigenvalue weighted by Gasteiger charge is -2.24. The van der Waals surface area contributed by atoms with Gasteiger partial charge in [-0.25, -0.2) is 18.1 Å². The first-order chi connectivity index (χ1) is 12.9. The maximum absolute atomic E-state index is 13.0. The van der Waals surface area contributed by atoms with E-state index in [4.69, 9.17) is 0 Å². The zero-order valence-electron chi connectivity index (χ0n) is 14.7. The van der Waals surface area contributed by atoms with Crippen LogP contribution < -0.4 is 5.32 Å². The van der Waals surface area contributed by atoms with Crippen LogP contribution in [0.4, 0.5) is 0 Å². The van der Waals surface area contributed by atoms with Gasteiger partial charge in [-0.1, -0.05) is 0 Å². The zero-order valence-corrected chi connectivity index (χ0v) is 16.3. The Labute approximate surface area is 160 Å². The van der Waals surface area contributed by atoms with Gasteiger partial charge in [-0.3, -0.25) is 0 Å². The fourth-order valence-electron chi connectivity index (χ4n) is 3.17. The van der Waals surface area contributed by atoms with Crippen molar-refractivity contribution in [3.8, 4) is 5.69 Å². The van der Waals surface area contributed by atoms with Crippen molar-refractivity contribution in [3.05, 3.63) is 36.8 Å². The lowest BCUT2D eigenvalue weighted by atomic mass is 10.2. The molecule has 0 aliphatic carbocycles. The molecule has 1 aliphatic heterocycles. The molecule has 1 fully saturated rings. The van der Waals surface area contributed by atoms with Crippen LogP contribution in [0.1, 0.15) is 12.8 Å². The van der Waals surface area contributed by atoms with Gasteiger partial charge in [0.25, 0.3) is 5.03 Å². The number of fused-ring (bicyclic) bond motifs is 1. The van der Waals surface area contributed by atoms with Crippen LogP contribution >= 0.6 is 0 Å². The monoisotopic (exact) mass is 405 g/mol. The lowest BCUT2D eigenvalue weighted by Crippen LogP contribution is -2.36. The first-order valence-electron chi connectivity index (χ1n) is 8.55. The van der Waals surface area contributed by atoms with Crippen molar-refractivity contribution in [2.45, 2.75) is 28.0 Å². The molecule has 27 heavy (non-hydrogen) atoms. The molecule has 1 atom stereocenters. The highest BCUT2D eigenvalue weighted by Crippen LogP contribution is 2.27. The molecule has 1 saturated heterocycles. The molecule has 2 aromatic heterocycles. The van der Waals surface area contributed by atoms with Gasteiger partial charge < -0.3 is 9.87 Å². The average molecular weight is 406 g/mol. The van der Waals surface area contributed by atoms with Crippen LogP contribution in [0.2, 0.25) is 0 Å². The van der Waals surface area contributed by atoms with Crippen LogP contribution in [0, 0.1) is 0 Å². The number of nitrogens with zero attached hydrogens (tertiary/aromatic N) is 4. The standard InChI is InChI=1S/C17H19N5O3S2/c1-27(24,25)14-4-2-12(3-5-14)22-16-15(10-21-22)17(20-11-19-16)26(23)13-6-8-18-9-7-13/h2-5,10-11,13,18H,6-9H2,1H3. The summed E-state index contributed by atoms with van der Waals surface area (Å²) in [6.07, 6.45) is 5.88. The van der Waals surface area contributed by atoms with Crippen molar-refractivity contribution < 1.29 is 13.0 Å². The van der Waals surface area contributed by atoms with E-state index in [0.717, 1.165) is 25.9 Å². The van der Waals surface area contributed by atoms with Crippen molar-refractivity contribution in [1.29, 1.82) is 0 Å². The molecule has 0 saturated carbocycles. The summed E-state index contributed by atoms with van der Waals surface area (Å²) in [5.74, 6) is 0. The summed E-state index contributed by atoms with van der Waals surface area (Å²) in [5.41, 5.74) is 1.23. The molecule has 0 amide bonds. The lowest BCUT2D eigenvalue weighted by molar-refractivity contribution is 0.495. The fraction of sp³-hybridized carbons (Fsp3) is 0.353. The first kappa shape index (κ1) is 18.4. The van der Waals surface area contributed by atoms with E-state index in [1.54, 1.807) is 23.0 Å². The summed E-state index contributed by atoms with van der Waals surface area (Å²) >= 11 is -1.23. The number of hydrogen-bond donors (Lipinski definition) is 1. The Hall–Kier alpha value is -2.01. The number of sulfone groups is 1. The molecule has 1 aliphatic rings. The van der Waals surface area contributed by atoms with Crippen molar-refractivity contribution in [3.63, 3.8) is 0 Å². The second-order valence-electron chi connectivity index (χ2n) is 6.49. The number of rotatable bonds is 4. The predicted molar refractivity (Wildman–Crippen MR) is 102 cm³/mol. The van der Waals surface area contributed by atoms with Crippen LogP contribution in [0.15, 0.2) is 46.7 Å². The van der Waals surface area contributed by atoms with Crippen LogP contribution in [0.3, 0.4) is 0 Å². The Morgan fingerprint density at radius 3 is 2.56 bits per heavy atom. The topological polar surface area (TPSA) is 113 Å². The van der Waals surface area contributed by atoms with Gasteiger partial charge in [-0.05, 0) is 37.4 Å². The van der Waals surface area contributed by atoms with E-state index in [0.29, 0.717) is 21.7 Å². The number of piperidine rings is 1. The molecule has 0 radical (unpaired) electrons. The molecule has 0 bridgehead atoms. The smallest absolute Gasteiger partial charge is 0.259 e. The van der Waals surface area contributed by atoms with Crippen molar-refractivity contribution in [2.75, 3.05) is 19.3 Å². The van der Waals surface area contributed by atoms with Crippen molar-refractivity contribution >= 4 is 32.0 Å². The Morgan fingerprint density at radius 2 is 1.89 bits per heavy atom. The highest BCUT2D eigenvalue weighted by Gasteiger charge is 2.30. The highest BCUT2D eigenvalue weighted by atomic mass is 32.2. The summed E-state index contributed by atoms with van der Waals surface area (Å²) in [4.78, 5) is 8.81. The van der Waals surface area contributed by atoms with Crippen LogP contribution in [-0.2, 0) is 21.0 Å². The second kappa shape index (κ2) is 7.19. The number of aromatic nitrogens is 4. The van der Waals surface area contributed by atoms with Gasteiger partial charge in [0.05, 0.1) is 16.8 Å². The van der Waals surface area contributed by atoms with Gasteiger partial charge in [0.1, 0.15) is 17.0 Å². The van der Waals surface area contributed by atoms with E-state index in [2.05, 4.69) is 20.4 Å². The van der Waals surface area contributed by atoms with Crippen LogP contribution in [0.25, 0.3) is 16.7 Å². The largest absolute Gasteiger partial charge is 0.610 e. The Bertz CT molecular complexity index is 1060. The minimum Gasteiger partial charge on any atom is -0.610 e. The number of benzene rings is 1. The van der Waals surface area contributed by atoms with Gasteiger partial charge in [0.15, 0.2) is 15.5 Å². The van der Waals surface area contributed by atoms with Gasteiger partial charge in [-0.2, -0.15) is 10.1 Å². The second-order valence-corrected chi connectivity index (χ2v) is 10.1. The molecule has 4 rings (SSSR count). The first-order valence-corrected chi connectivity index (χ1v) is 11.7. The molecule has 3 heterocycles. The third-order valence-corrected chi connectivity index (χ3v) is 7.53.